The van der Waals surface area contributed by atoms with Gasteiger partial charge in [0.1, 0.15) is 0 Å². The molecule has 0 aromatic heterocycles. The smallest absolute Gasteiger partial charge is 0.342 e. The monoisotopic (exact) mass is 234 g/mol. The maximum Gasteiger partial charge on any atom is 0.342 e. The van der Waals surface area contributed by atoms with Gasteiger partial charge in [-0.05, 0) is 11.8 Å². The second-order valence-electron chi connectivity index (χ2n) is 6.09. The molecule has 0 aromatic rings. The number of rotatable bonds is 2. The molecule has 0 heterocycles. The molecule has 0 aliphatic rings. The van der Waals surface area contributed by atoms with Crippen molar-refractivity contribution in [3.8, 4) is 0 Å². The van der Waals surface area contributed by atoms with Crippen molar-refractivity contribution in [1.29, 1.82) is 0 Å². The fourth-order valence-corrected chi connectivity index (χ4v) is 1.39. The van der Waals surface area contributed by atoms with Crippen LogP contribution in [0.3, 0.4) is 0 Å². The minimum absolute atomic E-state index is 0.0266. The highest BCUT2D eigenvalue weighted by Crippen LogP contribution is 2.42. The summed E-state index contributed by atoms with van der Waals surface area (Å²) in [6.45, 7) is 14.4. The van der Waals surface area contributed by atoms with Crippen LogP contribution in [-0.4, -0.2) is 16.7 Å². The molecular formula is C13H27FO2. The average molecular weight is 234 g/mol. The van der Waals surface area contributed by atoms with Crippen LogP contribution in [-0.2, 0) is 4.79 Å². The first kappa shape index (κ1) is 17.8. The van der Waals surface area contributed by atoms with Gasteiger partial charge in [-0.2, -0.15) is 0 Å². The van der Waals surface area contributed by atoms with E-state index in [4.69, 9.17) is 5.11 Å². The molecule has 0 rings (SSSR count). The molecule has 1 unspecified atom stereocenters. The normalized spacial score (nSPS) is 15.8. The van der Waals surface area contributed by atoms with Crippen LogP contribution in [0.5, 0.6) is 0 Å². The van der Waals surface area contributed by atoms with Crippen molar-refractivity contribution in [2.75, 3.05) is 0 Å². The van der Waals surface area contributed by atoms with Crippen molar-refractivity contribution >= 4 is 5.97 Å². The van der Waals surface area contributed by atoms with E-state index in [1.165, 1.54) is 0 Å². The lowest BCUT2D eigenvalue weighted by molar-refractivity contribution is -0.162. The summed E-state index contributed by atoms with van der Waals surface area (Å²) in [6.07, 6.45) is 0.0266. The highest BCUT2D eigenvalue weighted by Gasteiger charge is 2.51. The fraction of sp³-hybridized carbons (Fsp3) is 0.923. The van der Waals surface area contributed by atoms with E-state index < -0.39 is 17.1 Å². The fourth-order valence-electron chi connectivity index (χ4n) is 1.39. The maximum atomic E-state index is 14.3. The van der Waals surface area contributed by atoms with E-state index in [2.05, 4.69) is 0 Å². The Morgan fingerprint density at radius 2 is 1.38 bits per heavy atom. The number of carboxylic acid groups (broad SMARTS) is 1. The maximum absolute atomic E-state index is 14.3. The Morgan fingerprint density at radius 1 is 1.06 bits per heavy atom. The molecule has 0 fully saturated rings. The zero-order valence-electron chi connectivity index (χ0n) is 11.9. The topological polar surface area (TPSA) is 37.3 Å². The highest BCUT2D eigenvalue weighted by molar-refractivity contribution is 5.78. The molecule has 16 heavy (non-hydrogen) atoms. The summed E-state index contributed by atoms with van der Waals surface area (Å²) in [6, 6.07) is 0. The van der Waals surface area contributed by atoms with Gasteiger partial charge in [0.15, 0.2) is 0 Å². The summed E-state index contributed by atoms with van der Waals surface area (Å²) in [5.74, 6) is -1.36. The van der Waals surface area contributed by atoms with Crippen LogP contribution in [0.2, 0.25) is 0 Å². The second kappa shape index (κ2) is 5.65. The second-order valence-corrected chi connectivity index (χ2v) is 6.09. The summed E-state index contributed by atoms with van der Waals surface area (Å²) in [4.78, 5) is 11.0. The number of carboxylic acids is 1. The van der Waals surface area contributed by atoms with Gasteiger partial charge in [-0.25, -0.2) is 9.18 Å². The highest BCUT2D eigenvalue weighted by atomic mass is 19.1. The summed E-state index contributed by atoms with van der Waals surface area (Å²) >= 11 is 0. The lowest BCUT2D eigenvalue weighted by Gasteiger charge is -2.38. The molecule has 0 saturated heterocycles. The predicted molar refractivity (Wildman–Crippen MR) is 66.3 cm³/mol. The van der Waals surface area contributed by atoms with Gasteiger partial charge in [0.05, 0.1) is 0 Å². The summed E-state index contributed by atoms with van der Waals surface area (Å²) < 4.78 is 14.3. The quantitative estimate of drug-likeness (QED) is 0.774. The zero-order valence-corrected chi connectivity index (χ0v) is 11.9. The average Bonchev–Trinajstić information content (AvgIpc) is 2.02. The SMILES string of the molecule is CC.CC(C)(C)CC(F)(C(=O)O)C(C)(C)C. The summed E-state index contributed by atoms with van der Waals surface area (Å²) in [7, 11) is 0. The van der Waals surface area contributed by atoms with Crippen LogP contribution in [0.25, 0.3) is 0 Å². The van der Waals surface area contributed by atoms with Gasteiger partial charge in [-0.15, -0.1) is 0 Å². The molecule has 2 nitrogen and oxygen atoms in total. The third-order valence-electron chi connectivity index (χ3n) is 2.30. The standard InChI is InChI=1S/C11H21FO2.C2H6/c1-9(2,3)7-11(12,8(13)14)10(4,5)6;1-2/h7H2,1-6H3,(H,13,14);1-2H3. The molecule has 0 aliphatic carbocycles. The molecule has 0 amide bonds. The van der Waals surface area contributed by atoms with Crippen molar-refractivity contribution in [2.45, 2.75) is 67.5 Å². The van der Waals surface area contributed by atoms with Crippen LogP contribution in [0.4, 0.5) is 4.39 Å². The molecule has 1 atom stereocenters. The first-order valence-electron chi connectivity index (χ1n) is 5.82. The molecule has 0 spiro atoms. The molecule has 98 valence electrons. The van der Waals surface area contributed by atoms with E-state index in [9.17, 15) is 9.18 Å². The third kappa shape index (κ3) is 4.95. The van der Waals surface area contributed by atoms with Gasteiger partial charge < -0.3 is 5.11 Å². The van der Waals surface area contributed by atoms with E-state index in [1.807, 2.05) is 34.6 Å². The first-order chi connectivity index (χ1) is 6.90. The summed E-state index contributed by atoms with van der Waals surface area (Å²) in [5, 5.41) is 8.96. The van der Waals surface area contributed by atoms with Gasteiger partial charge in [0, 0.05) is 5.41 Å². The molecule has 0 radical (unpaired) electrons. The van der Waals surface area contributed by atoms with Gasteiger partial charge in [0.25, 0.3) is 0 Å². The van der Waals surface area contributed by atoms with Gasteiger partial charge in [-0.3, -0.25) is 0 Å². The van der Waals surface area contributed by atoms with E-state index >= 15 is 0 Å². The molecule has 0 aromatic carbocycles. The molecule has 0 bridgehead atoms. The van der Waals surface area contributed by atoms with Crippen molar-refractivity contribution < 1.29 is 14.3 Å². The number of hydrogen-bond donors (Lipinski definition) is 1. The van der Waals surface area contributed by atoms with Gasteiger partial charge in [-0.1, -0.05) is 55.4 Å². The summed E-state index contributed by atoms with van der Waals surface area (Å²) in [5.41, 5.74) is -3.38. The van der Waals surface area contributed by atoms with Crippen molar-refractivity contribution in [3.05, 3.63) is 0 Å². The Hall–Kier alpha value is -0.600. The number of carbonyl (C=O) groups is 1. The number of alkyl halides is 1. The van der Waals surface area contributed by atoms with Crippen molar-refractivity contribution in [1.82, 2.24) is 0 Å². The predicted octanol–water partition coefficient (Wildman–Crippen LogP) is 4.29. The van der Waals surface area contributed by atoms with E-state index in [0.29, 0.717) is 0 Å². The molecular weight excluding hydrogens is 207 g/mol. The van der Waals surface area contributed by atoms with Gasteiger partial charge >= 0.3 is 5.97 Å². The number of halogens is 1. The lowest BCUT2D eigenvalue weighted by Crippen LogP contribution is -2.48. The Bertz CT molecular complexity index is 223. The minimum Gasteiger partial charge on any atom is -0.479 e. The van der Waals surface area contributed by atoms with E-state index in [1.54, 1.807) is 20.8 Å². The first-order valence-corrected chi connectivity index (χ1v) is 5.82. The Morgan fingerprint density at radius 3 is 1.44 bits per heavy atom. The Labute approximate surface area is 99.2 Å². The van der Waals surface area contributed by atoms with Crippen molar-refractivity contribution in [3.63, 3.8) is 0 Å². The van der Waals surface area contributed by atoms with Gasteiger partial charge in [0.2, 0.25) is 5.67 Å². The Balaban J connectivity index is 0. The van der Waals surface area contributed by atoms with Crippen LogP contribution in [0.1, 0.15) is 61.8 Å². The Kier molecular flexibility index (Phi) is 6.28. The lowest BCUT2D eigenvalue weighted by atomic mass is 9.70. The van der Waals surface area contributed by atoms with Crippen molar-refractivity contribution in [2.24, 2.45) is 10.8 Å². The largest absolute Gasteiger partial charge is 0.479 e. The van der Waals surface area contributed by atoms with E-state index in [-0.39, 0.29) is 11.8 Å². The molecule has 3 heteroatoms. The number of aliphatic carboxylic acids is 1. The van der Waals surface area contributed by atoms with Crippen LogP contribution >= 0.6 is 0 Å². The van der Waals surface area contributed by atoms with Crippen LogP contribution in [0, 0.1) is 10.8 Å². The molecule has 0 saturated carbocycles. The zero-order chi connectivity index (χ0) is 13.8. The molecule has 1 N–H and O–H groups in total. The van der Waals surface area contributed by atoms with E-state index in [0.717, 1.165) is 0 Å². The number of hydrogen-bond acceptors (Lipinski definition) is 1. The van der Waals surface area contributed by atoms with Crippen LogP contribution in [0.15, 0.2) is 0 Å². The van der Waals surface area contributed by atoms with Crippen LogP contribution < -0.4 is 0 Å². The third-order valence-corrected chi connectivity index (χ3v) is 2.30. The molecule has 0 aliphatic heterocycles. The minimum atomic E-state index is -2.16.